The van der Waals surface area contributed by atoms with Gasteiger partial charge in [0.05, 0.1) is 25.8 Å². The van der Waals surface area contributed by atoms with E-state index in [1.54, 1.807) is 25.3 Å². The van der Waals surface area contributed by atoms with Crippen molar-refractivity contribution in [2.75, 3.05) is 26.1 Å². The zero-order valence-corrected chi connectivity index (χ0v) is 17.4. The molecule has 0 bridgehead atoms. The largest absolute Gasteiger partial charge is 0.497 e. The Morgan fingerprint density at radius 1 is 0.935 bits per heavy atom. The second kappa shape index (κ2) is 10.7. The average molecular weight is 419 g/mol. The molecular formula is C24H25N3O4. The van der Waals surface area contributed by atoms with Crippen LogP contribution in [-0.2, 0) is 9.63 Å². The first-order valence-corrected chi connectivity index (χ1v) is 9.69. The summed E-state index contributed by atoms with van der Waals surface area (Å²) >= 11 is 0. The lowest BCUT2D eigenvalue weighted by atomic mass is 9.90. The maximum absolute atomic E-state index is 12.3. The van der Waals surface area contributed by atoms with E-state index in [0.29, 0.717) is 17.2 Å². The van der Waals surface area contributed by atoms with E-state index < -0.39 is 5.91 Å². The van der Waals surface area contributed by atoms with Crippen LogP contribution in [0.25, 0.3) is 0 Å². The van der Waals surface area contributed by atoms with Crippen LogP contribution in [-0.4, -0.2) is 32.6 Å². The molecule has 3 aromatic rings. The first-order valence-electron chi connectivity index (χ1n) is 9.69. The molecular weight excluding hydrogens is 394 g/mol. The number of nitrogens with zero attached hydrogens (tertiary/aromatic N) is 1. The number of carbonyl (C=O) groups excluding carboxylic acids is 1. The number of hydrogen-bond donors (Lipinski definition) is 2. The van der Waals surface area contributed by atoms with E-state index in [-0.39, 0.29) is 18.4 Å². The monoisotopic (exact) mass is 419 g/mol. The second-order valence-corrected chi connectivity index (χ2v) is 6.66. The predicted molar refractivity (Wildman–Crippen MR) is 120 cm³/mol. The molecule has 7 heteroatoms. The van der Waals surface area contributed by atoms with Crippen LogP contribution in [0.2, 0.25) is 0 Å². The van der Waals surface area contributed by atoms with Gasteiger partial charge in [0.1, 0.15) is 11.5 Å². The maximum atomic E-state index is 12.3. The van der Waals surface area contributed by atoms with E-state index in [9.17, 15) is 4.79 Å². The topological polar surface area (TPSA) is 95.2 Å². The van der Waals surface area contributed by atoms with Gasteiger partial charge in [-0.25, -0.2) is 0 Å². The fourth-order valence-corrected chi connectivity index (χ4v) is 3.14. The molecule has 0 fully saturated rings. The number of nitrogens with one attached hydrogen (secondary N) is 1. The van der Waals surface area contributed by atoms with Gasteiger partial charge in [-0.05, 0) is 23.3 Å². The summed E-state index contributed by atoms with van der Waals surface area (Å²) in [5, 5.41) is 6.74. The maximum Gasteiger partial charge on any atom is 0.265 e. The van der Waals surface area contributed by atoms with Gasteiger partial charge in [0, 0.05) is 6.07 Å². The van der Waals surface area contributed by atoms with E-state index in [1.165, 1.54) is 7.11 Å². The fraction of sp³-hybridized carbons (Fsp3) is 0.167. The van der Waals surface area contributed by atoms with Crippen molar-refractivity contribution in [1.82, 2.24) is 0 Å². The van der Waals surface area contributed by atoms with Crippen LogP contribution in [0.1, 0.15) is 17.0 Å². The minimum absolute atomic E-state index is 0.254. The van der Waals surface area contributed by atoms with E-state index in [2.05, 4.69) is 10.5 Å². The number of hydrogen-bond acceptors (Lipinski definition) is 5. The highest BCUT2D eigenvalue weighted by Gasteiger charge is 2.19. The second-order valence-electron chi connectivity index (χ2n) is 6.66. The smallest absolute Gasteiger partial charge is 0.265 e. The number of oxime groups is 1. The van der Waals surface area contributed by atoms with Crippen molar-refractivity contribution in [1.29, 1.82) is 0 Å². The predicted octanol–water partition coefficient (Wildman–Crippen LogP) is 3.76. The Hall–Kier alpha value is -4.00. The third-order valence-electron chi connectivity index (χ3n) is 4.61. The van der Waals surface area contributed by atoms with Crippen molar-refractivity contribution in [3.8, 4) is 11.5 Å². The summed E-state index contributed by atoms with van der Waals surface area (Å²) in [5.74, 6) is 0.658. The molecule has 0 aromatic heterocycles. The summed E-state index contributed by atoms with van der Waals surface area (Å²) in [6.45, 7) is -0.308. The standard InChI is InChI=1S/C24H25N3O4/c1-29-19-13-14-21(30-2)20(15-19)26-22(28)16-31-27-24(25)23(17-9-5-3-6-10-17)18-11-7-4-8-12-18/h3-15,23H,16H2,1-2H3,(H2,25,27)(H,26,28). The van der Waals surface area contributed by atoms with E-state index in [4.69, 9.17) is 20.0 Å². The summed E-state index contributed by atoms with van der Waals surface area (Å²) in [6.07, 6.45) is 0. The molecule has 160 valence electrons. The van der Waals surface area contributed by atoms with Crippen LogP contribution in [0, 0.1) is 0 Å². The Kier molecular flexibility index (Phi) is 7.48. The third-order valence-corrected chi connectivity index (χ3v) is 4.61. The Bertz CT molecular complexity index is 984. The van der Waals surface area contributed by atoms with Crippen LogP contribution >= 0.6 is 0 Å². The number of amidine groups is 1. The third kappa shape index (κ3) is 5.76. The molecule has 0 atom stereocenters. The van der Waals surface area contributed by atoms with Crippen LogP contribution in [0.15, 0.2) is 84.0 Å². The van der Waals surface area contributed by atoms with E-state index in [1.807, 2.05) is 60.7 Å². The summed E-state index contributed by atoms with van der Waals surface area (Å²) in [5.41, 5.74) is 8.68. The number of rotatable bonds is 9. The van der Waals surface area contributed by atoms with Crippen molar-refractivity contribution < 1.29 is 19.1 Å². The van der Waals surface area contributed by atoms with Crippen molar-refractivity contribution in [3.05, 3.63) is 90.0 Å². The Labute approximate surface area is 181 Å². The molecule has 0 aliphatic carbocycles. The number of anilines is 1. The van der Waals surface area contributed by atoms with Gasteiger partial charge in [-0.3, -0.25) is 4.79 Å². The number of carbonyl (C=O) groups is 1. The van der Waals surface area contributed by atoms with Crippen molar-refractivity contribution >= 4 is 17.4 Å². The molecule has 0 heterocycles. The number of nitrogens with two attached hydrogens (primary N) is 1. The van der Waals surface area contributed by atoms with Crippen molar-refractivity contribution in [3.63, 3.8) is 0 Å². The molecule has 0 saturated heterocycles. The Morgan fingerprint density at radius 3 is 2.10 bits per heavy atom. The van der Waals surface area contributed by atoms with Gasteiger partial charge in [-0.1, -0.05) is 65.8 Å². The minimum Gasteiger partial charge on any atom is -0.497 e. The molecule has 31 heavy (non-hydrogen) atoms. The SMILES string of the molecule is COc1ccc(OC)c(NC(=O)CO/N=C(/N)C(c2ccccc2)c2ccccc2)c1. The molecule has 0 radical (unpaired) electrons. The van der Waals surface area contributed by atoms with Crippen LogP contribution in [0.3, 0.4) is 0 Å². The molecule has 0 unspecified atom stereocenters. The number of methoxy groups -OCH3 is 2. The average Bonchev–Trinajstić information content (AvgIpc) is 2.80. The number of amides is 1. The van der Waals surface area contributed by atoms with Crippen LogP contribution in [0.5, 0.6) is 11.5 Å². The zero-order chi connectivity index (χ0) is 22.1. The fourth-order valence-electron chi connectivity index (χ4n) is 3.14. The lowest BCUT2D eigenvalue weighted by Gasteiger charge is -2.17. The van der Waals surface area contributed by atoms with E-state index in [0.717, 1.165) is 11.1 Å². The molecule has 3 N–H and O–H groups in total. The van der Waals surface area contributed by atoms with Crippen molar-refractivity contribution in [2.24, 2.45) is 10.9 Å². The first-order chi connectivity index (χ1) is 15.1. The lowest BCUT2D eigenvalue weighted by Crippen LogP contribution is -2.24. The minimum atomic E-state index is -0.404. The summed E-state index contributed by atoms with van der Waals surface area (Å²) < 4.78 is 10.4. The molecule has 3 aromatic carbocycles. The van der Waals surface area contributed by atoms with Gasteiger partial charge in [-0.2, -0.15) is 0 Å². The highest BCUT2D eigenvalue weighted by Crippen LogP contribution is 2.29. The Balaban J connectivity index is 1.69. The van der Waals surface area contributed by atoms with E-state index >= 15 is 0 Å². The van der Waals surface area contributed by atoms with Crippen LogP contribution in [0.4, 0.5) is 5.69 Å². The Morgan fingerprint density at radius 2 is 1.55 bits per heavy atom. The first kappa shape index (κ1) is 21.7. The highest BCUT2D eigenvalue weighted by atomic mass is 16.6. The highest BCUT2D eigenvalue weighted by molar-refractivity contribution is 5.94. The summed E-state index contributed by atoms with van der Waals surface area (Å²) in [6, 6.07) is 24.6. The molecule has 3 rings (SSSR count). The van der Waals surface area contributed by atoms with Crippen molar-refractivity contribution in [2.45, 2.75) is 5.92 Å². The molecule has 7 nitrogen and oxygen atoms in total. The van der Waals surface area contributed by atoms with Gasteiger partial charge >= 0.3 is 0 Å². The summed E-state index contributed by atoms with van der Waals surface area (Å²) in [4.78, 5) is 17.6. The van der Waals surface area contributed by atoms with Gasteiger partial charge in [-0.15, -0.1) is 0 Å². The normalized spacial score (nSPS) is 11.1. The molecule has 0 spiro atoms. The zero-order valence-electron chi connectivity index (χ0n) is 17.4. The molecule has 0 aliphatic heterocycles. The lowest BCUT2D eigenvalue weighted by molar-refractivity contribution is -0.120. The molecule has 0 saturated carbocycles. The quantitative estimate of drug-likeness (QED) is 0.313. The number of ether oxygens (including phenoxy) is 2. The van der Waals surface area contributed by atoms with Crippen LogP contribution < -0.4 is 20.5 Å². The summed E-state index contributed by atoms with van der Waals surface area (Å²) in [7, 11) is 3.07. The number of benzene rings is 3. The van der Waals surface area contributed by atoms with Gasteiger partial charge in [0.2, 0.25) is 0 Å². The van der Waals surface area contributed by atoms with Gasteiger partial charge in [0.15, 0.2) is 12.4 Å². The molecule has 1 amide bonds. The molecule has 0 aliphatic rings. The van der Waals surface area contributed by atoms with Gasteiger partial charge < -0.3 is 25.4 Å². The van der Waals surface area contributed by atoms with Gasteiger partial charge in [0.25, 0.3) is 5.91 Å².